The zero-order valence-corrected chi connectivity index (χ0v) is 8.00. The van der Waals surface area contributed by atoms with Crippen molar-refractivity contribution in [1.82, 2.24) is 0 Å². The Kier molecular flexibility index (Phi) is 3.47. The SMILES string of the molecule is COc1ccccc1S(=O)CC#N. The topological polar surface area (TPSA) is 50.1 Å². The van der Waals surface area contributed by atoms with Crippen molar-refractivity contribution < 1.29 is 8.95 Å². The predicted molar refractivity (Wildman–Crippen MR) is 49.9 cm³/mol. The first-order valence-corrected chi connectivity index (χ1v) is 5.00. The summed E-state index contributed by atoms with van der Waals surface area (Å²) >= 11 is 0. The highest BCUT2D eigenvalue weighted by Crippen LogP contribution is 2.20. The zero-order chi connectivity index (χ0) is 9.68. The second-order valence-corrected chi connectivity index (χ2v) is 3.72. The molecule has 1 aromatic carbocycles. The highest BCUT2D eigenvalue weighted by atomic mass is 32.2. The third-order valence-electron chi connectivity index (χ3n) is 1.51. The fourth-order valence-corrected chi connectivity index (χ4v) is 1.82. The van der Waals surface area contributed by atoms with Crippen LogP contribution in [0.5, 0.6) is 5.75 Å². The second kappa shape index (κ2) is 4.63. The van der Waals surface area contributed by atoms with Gasteiger partial charge in [0.25, 0.3) is 0 Å². The number of rotatable bonds is 3. The first-order valence-electron chi connectivity index (χ1n) is 3.68. The summed E-state index contributed by atoms with van der Waals surface area (Å²) in [6, 6.07) is 8.86. The molecular formula is C9H9NO2S. The predicted octanol–water partition coefficient (Wildman–Crippen LogP) is 1.33. The van der Waals surface area contributed by atoms with Crippen molar-refractivity contribution in [3.63, 3.8) is 0 Å². The summed E-state index contributed by atoms with van der Waals surface area (Å²) in [5, 5.41) is 8.38. The largest absolute Gasteiger partial charge is 0.495 e. The molecular weight excluding hydrogens is 186 g/mol. The van der Waals surface area contributed by atoms with Crippen LogP contribution in [0, 0.1) is 11.3 Å². The van der Waals surface area contributed by atoms with Crippen molar-refractivity contribution in [3.05, 3.63) is 24.3 Å². The first-order chi connectivity index (χ1) is 6.29. The highest BCUT2D eigenvalue weighted by molar-refractivity contribution is 7.85. The Morgan fingerprint density at radius 1 is 1.54 bits per heavy atom. The molecule has 0 aliphatic heterocycles. The van der Waals surface area contributed by atoms with Crippen LogP contribution in [-0.4, -0.2) is 17.1 Å². The van der Waals surface area contributed by atoms with E-state index in [0.29, 0.717) is 10.6 Å². The molecule has 68 valence electrons. The number of hydrogen-bond donors (Lipinski definition) is 0. The molecule has 0 heterocycles. The van der Waals surface area contributed by atoms with E-state index in [-0.39, 0.29) is 5.75 Å². The van der Waals surface area contributed by atoms with Gasteiger partial charge < -0.3 is 4.74 Å². The number of hydrogen-bond acceptors (Lipinski definition) is 3. The summed E-state index contributed by atoms with van der Waals surface area (Å²) in [5.41, 5.74) is 0. The summed E-state index contributed by atoms with van der Waals surface area (Å²) < 4.78 is 16.4. The van der Waals surface area contributed by atoms with Gasteiger partial charge in [0.2, 0.25) is 0 Å². The number of benzene rings is 1. The van der Waals surface area contributed by atoms with E-state index in [9.17, 15) is 4.21 Å². The first kappa shape index (κ1) is 9.75. The Hall–Kier alpha value is -1.34. The highest BCUT2D eigenvalue weighted by Gasteiger charge is 2.08. The van der Waals surface area contributed by atoms with Gasteiger partial charge in [0.05, 0.1) is 28.9 Å². The second-order valence-electron chi connectivity index (χ2n) is 2.30. The van der Waals surface area contributed by atoms with Crippen LogP contribution in [-0.2, 0) is 10.8 Å². The van der Waals surface area contributed by atoms with Gasteiger partial charge in [-0.2, -0.15) is 5.26 Å². The average Bonchev–Trinajstić information content (AvgIpc) is 2.18. The van der Waals surface area contributed by atoms with Crippen LogP contribution in [0.25, 0.3) is 0 Å². The third kappa shape index (κ3) is 2.30. The molecule has 0 fully saturated rings. The van der Waals surface area contributed by atoms with E-state index in [4.69, 9.17) is 10.00 Å². The van der Waals surface area contributed by atoms with Gasteiger partial charge in [0.15, 0.2) is 0 Å². The molecule has 0 bridgehead atoms. The van der Waals surface area contributed by atoms with Gasteiger partial charge in [-0.15, -0.1) is 0 Å². The normalized spacial score (nSPS) is 11.7. The van der Waals surface area contributed by atoms with Crippen LogP contribution < -0.4 is 4.74 Å². The fraction of sp³-hybridized carbons (Fsp3) is 0.222. The Morgan fingerprint density at radius 3 is 2.85 bits per heavy atom. The third-order valence-corrected chi connectivity index (χ3v) is 2.73. The standard InChI is InChI=1S/C9H9NO2S/c1-12-8-4-2-3-5-9(8)13(11)7-6-10/h2-5H,7H2,1H3. The molecule has 1 atom stereocenters. The molecule has 1 rings (SSSR count). The summed E-state index contributed by atoms with van der Waals surface area (Å²) in [4.78, 5) is 0.576. The van der Waals surface area contributed by atoms with Crippen LogP contribution >= 0.6 is 0 Å². The average molecular weight is 195 g/mol. The van der Waals surface area contributed by atoms with E-state index >= 15 is 0 Å². The minimum Gasteiger partial charge on any atom is -0.495 e. The molecule has 3 nitrogen and oxygen atoms in total. The molecule has 0 saturated carbocycles. The molecule has 0 aliphatic rings. The van der Waals surface area contributed by atoms with Crippen molar-refractivity contribution in [2.24, 2.45) is 0 Å². The summed E-state index contributed by atoms with van der Waals surface area (Å²) in [7, 11) is 0.235. The fourth-order valence-electron chi connectivity index (χ4n) is 0.943. The molecule has 0 radical (unpaired) electrons. The van der Waals surface area contributed by atoms with E-state index in [2.05, 4.69) is 0 Å². The molecule has 13 heavy (non-hydrogen) atoms. The summed E-state index contributed by atoms with van der Waals surface area (Å²) in [6.07, 6.45) is 0. The lowest BCUT2D eigenvalue weighted by Gasteiger charge is -2.04. The van der Waals surface area contributed by atoms with Crippen LogP contribution in [0.15, 0.2) is 29.2 Å². The lowest BCUT2D eigenvalue weighted by atomic mass is 10.3. The van der Waals surface area contributed by atoms with Gasteiger partial charge in [-0.3, -0.25) is 4.21 Å². The Bertz CT molecular complexity index is 357. The van der Waals surface area contributed by atoms with Gasteiger partial charge in [0.1, 0.15) is 11.5 Å². The van der Waals surface area contributed by atoms with Crippen molar-refractivity contribution in [2.45, 2.75) is 4.90 Å². The Morgan fingerprint density at radius 2 is 2.23 bits per heavy atom. The Labute approximate surface area is 79.4 Å². The summed E-state index contributed by atoms with van der Waals surface area (Å²) in [6.45, 7) is 0. The summed E-state index contributed by atoms with van der Waals surface area (Å²) in [5.74, 6) is 0.566. The van der Waals surface area contributed by atoms with E-state index in [1.165, 1.54) is 7.11 Å². The van der Waals surface area contributed by atoms with E-state index < -0.39 is 10.8 Å². The lowest BCUT2D eigenvalue weighted by molar-refractivity contribution is 0.404. The number of nitriles is 1. The molecule has 0 aromatic heterocycles. The van der Waals surface area contributed by atoms with Crippen molar-refractivity contribution >= 4 is 10.8 Å². The van der Waals surface area contributed by atoms with Crippen molar-refractivity contribution in [1.29, 1.82) is 5.26 Å². The maximum Gasteiger partial charge on any atom is 0.135 e. The molecule has 4 heteroatoms. The Balaban J connectivity index is 3.00. The van der Waals surface area contributed by atoms with E-state index in [0.717, 1.165) is 0 Å². The van der Waals surface area contributed by atoms with Crippen molar-refractivity contribution in [2.75, 3.05) is 12.9 Å². The van der Waals surface area contributed by atoms with Crippen LogP contribution in [0.4, 0.5) is 0 Å². The number of ether oxygens (including phenoxy) is 1. The van der Waals surface area contributed by atoms with Gasteiger partial charge >= 0.3 is 0 Å². The molecule has 0 spiro atoms. The molecule has 0 aliphatic carbocycles. The maximum atomic E-state index is 11.4. The molecule has 0 amide bonds. The zero-order valence-electron chi connectivity index (χ0n) is 7.19. The van der Waals surface area contributed by atoms with Crippen LogP contribution in [0.1, 0.15) is 0 Å². The monoisotopic (exact) mass is 195 g/mol. The molecule has 1 aromatic rings. The lowest BCUT2D eigenvalue weighted by Crippen LogP contribution is -1.98. The molecule has 0 saturated heterocycles. The van der Waals surface area contributed by atoms with Gasteiger partial charge in [-0.05, 0) is 12.1 Å². The molecule has 0 N–H and O–H groups in total. The van der Waals surface area contributed by atoms with Crippen LogP contribution in [0.3, 0.4) is 0 Å². The number of para-hydroxylation sites is 1. The van der Waals surface area contributed by atoms with Crippen LogP contribution in [0.2, 0.25) is 0 Å². The van der Waals surface area contributed by atoms with E-state index in [1.807, 2.05) is 6.07 Å². The minimum atomic E-state index is -1.28. The van der Waals surface area contributed by atoms with E-state index in [1.54, 1.807) is 24.3 Å². The van der Waals surface area contributed by atoms with Gasteiger partial charge in [-0.25, -0.2) is 0 Å². The number of nitrogens with zero attached hydrogens (tertiary/aromatic N) is 1. The smallest absolute Gasteiger partial charge is 0.135 e. The number of methoxy groups -OCH3 is 1. The maximum absolute atomic E-state index is 11.4. The quantitative estimate of drug-likeness (QED) is 0.731. The molecule has 1 unspecified atom stereocenters. The van der Waals surface area contributed by atoms with Gasteiger partial charge in [-0.1, -0.05) is 12.1 Å². The van der Waals surface area contributed by atoms with Crippen molar-refractivity contribution in [3.8, 4) is 11.8 Å². The van der Waals surface area contributed by atoms with Gasteiger partial charge in [0, 0.05) is 0 Å². The minimum absolute atomic E-state index is 0.000370.